The molecule has 0 amide bonds. The molecule has 3 aromatic rings. The van der Waals surface area contributed by atoms with Crippen molar-refractivity contribution in [2.24, 2.45) is 4.99 Å². The molecule has 2 heterocycles. The van der Waals surface area contributed by atoms with Crippen LogP contribution in [0.5, 0.6) is 17.4 Å². The molecular weight excluding hydrogens is 424 g/mol. The average molecular weight is 441 g/mol. The number of rotatable bonds is 5. The predicted molar refractivity (Wildman–Crippen MR) is 118 cm³/mol. The molecule has 1 aliphatic heterocycles. The molecule has 0 radical (unpaired) electrons. The number of aromatic nitrogens is 1. The van der Waals surface area contributed by atoms with Gasteiger partial charge in [-0.1, -0.05) is 0 Å². The summed E-state index contributed by atoms with van der Waals surface area (Å²) in [6, 6.07) is 12.2. The summed E-state index contributed by atoms with van der Waals surface area (Å²) in [5.74, 6) is 0.0266. The Morgan fingerprint density at radius 1 is 1.13 bits per heavy atom. The highest BCUT2D eigenvalue weighted by Gasteiger charge is 2.27. The fourth-order valence-electron chi connectivity index (χ4n) is 3.14. The van der Waals surface area contributed by atoms with Gasteiger partial charge in [-0.05, 0) is 54.7 Å². The van der Waals surface area contributed by atoms with Crippen LogP contribution in [0.4, 0.5) is 5.69 Å². The molecule has 0 spiro atoms. The van der Waals surface area contributed by atoms with Gasteiger partial charge in [0.2, 0.25) is 5.88 Å². The van der Waals surface area contributed by atoms with Gasteiger partial charge < -0.3 is 19.7 Å². The fourth-order valence-corrected chi connectivity index (χ4v) is 4.43. The van der Waals surface area contributed by atoms with Crippen molar-refractivity contribution in [3.05, 3.63) is 56.9 Å². The largest absolute Gasteiger partial charge is 0.497 e. The Bertz CT molecular complexity index is 1270. The van der Waals surface area contributed by atoms with Gasteiger partial charge in [0.05, 0.1) is 30.5 Å². The molecule has 0 saturated heterocycles. The SMILES string of the molecule is COc1ccc(-n2c(O)c(C=C3C(C(=O)O)=Nc4cc(OC)ccc43)sc2=S)cc1. The molecule has 1 aliphatic rings. The maximum Gasteiger partial charge on any atom is 0.355 e. The number of nitrogens with zero attached hydrogens (tertiary/aromatic N) is 2. The monoisotopic (exact) mass is 440 g/mol. The zero-order chi connectivity index (χ0) is 21.4. The first kappa shape index (κ1) is 19.9. The number of fused-ring (bicyclic) bond motifs is 1. The van der Waals surface area contributed by atoms with Crippen LogP contribution in [0, 0.1) is 3.95 Å². The van der Waals surface area contributed by atoms with Crippen LogP contribution in [-0.4, -0.2) is 40.7 Å². The van der Waals surface area contributed by atoms with E-state index in [1.54, 1.807) is 55.7 Å². The summed E-state index contributed by atoms with van der Waals surface area (Å²) in [5, 5.41) is 20.4. The molecule has 2 aromatic carbocycles. The Kier molecular flexibility index (Phi) is 5.15. The quantitative estimate of drug-likeness (QED) is 0.559. The van der Waals surface area contributed by atoms with E-state index in [0.29, 0.717) is 42.8 Å². The van der Waals surface area contributed by atoms with Gasteiger partial charge in [-0.15, -0.1) is 11.3 Å². The van der Waals surface area contributed by atoms with Gasteiger partial charge in [-0.25, -0.2) is 9.79 Å². The molecular formula is C21H16N2O5S2. The van der Waals surface area contributed by atoms with Crippen LogP contribution >= 0.6 is 23.6 Å². The van der Waals surface area contributed by atoms with Crippen LogP contribution in [0.25, 0.3) is 17.3 Å². The second kappa shape index (κ2) is 7.77. The van der Waals surface area contributed by atoms with E-state index in [2.05, 4.69) is 4.99 Å². The third-order valence-corrected chi connectivity index (χ3v) is 5.91. The predicted octanol–water partition coefficient (Wildman–Crippen LogP) is 4.70. The number of hydrogen-bond donors (Lipinski definition) is 2. The molecule has 2 N–H and O–H groups in total. The molecule has 0 atom stereocenters. The number of ether oxygens (including phenoxy) is 2. The van der Waals surface area contributed by atoms with Crippen molar-refractivity contribution in [1.29, 1.82) is 0 Å². The lowest BCUT2D eigenvalue weighted by Crippen LogP contribution is -2.11. The molecule has 0 aliphatic carbocycles. The second-order valence-corrected chi connectivity index (χ2v) is 7.97. The van der Waals surface area contributed by atoms with Crippen molar-refractivity contribution in [1.82, 2.24) is 4.57 Å². The average Bonchev–Trinajstić information content (AvgIpc) is 3.25. The third-order valence-electron chi connectivity index (χ3n) is 4.60. The lowest BCUT2D eigenvalue weighted by Gasteiger charge is -2.06. The van der Waals surface area contributed by atoms with Crippen molar-refractivity contribution in [3.63, 3.8) is 0 Å². The number of methoxy groups -OCH3 is 2. The number of hydrogen-bond acceptors (Lipinski definition) is 7. The van der Waals surface area contributed by atoms with Crippen molar-refractivity contribution in [3.8, 4) is 23.1 Å². The van der Waals surface area contributed by atoms with Crippen LogP contribution in [0.2, 0.25) is 0 Å². The molecule has 0 bridgehead atoms. The fraction of sp³-hybridized carbons (Fsp3) is 0.0952. The highest BCUT2D eigenvalue weighted by atomic mass is 32.1. The zero-order valence-corrected chi connectivity index (χ0v) is 17.6. The van der Waals surface area contributed by atoms with Gasteiger partial charge in [-0.3, -0.25) is 4.57 Å². The molecule has 152 valence electrons. The van der Waals surface area contributed by atoms with Gasteiger partial charge in [0.1, 0.15) is 11.5 Å². The van der Waals surface area contributed by atoms with Crippen molar-refractivity contribution in [2.75, 3.05) is 14.2 Å². The third kappa shape index (κ3) is 3.38. The minimum Gasteiger partial charge on any atom is -0.497 e. The lowest BCUT2D eigenvalue weighted by molar-refractivity contribution is -0.129. The molecule has 0 fully saturated rings. The van der Waals surface area contributed by atoms with Crippen LogP contribution in [0.3, 0.4) is 0 Å². The van der Waals surface area contributed by atoms with E-state index in [-0.39, 0.29) is 11.6 Å². The Labute approximate surface area is 180 Å². The van der Waals surface area contributed by atoms with E-state index in [1.807, 2.05) is 0 Å². The number of aromatic hydroxyl groups is 1. The van der Waals surface area contributed by atoms with Gasteiger partial charge in [-0.2, -0.15) is 0 Å². The molecule has 7 nitrogen and oxygen atoms in total. The van der Waals surface area contributed by atoms with Crippen molar-refractivity contribution < 1.29 is 24.5 Å². The molecule has 0 saturated carbocycles. The van der Waals surface area contributed by atoms with E-state index in [9.17, 15) is 15.0 Å². The summed E-state index contributed by atoms with van der Waals surface area (Å²) in [5.41, 5.74) is 2.10. The minimum absolute atomic E-state index is 0.0747. The van der Waals surface area contributed by atoms with Crippen LogP contribution in [0.1, 0.15) is 10.4 Å². The minimum atomic E-state index is -1.16. The lowest BCUT2D eigenvalue weighted by atomic mass is 10.0. The first-order valence-corrected chi connectivity index (χ1v) is 9.97. The van der Waals surface area contributed by atoms with Gasteiger partial charge in [0.25, 0.3) is 0 Å². The summed E-state index contributed by atoms with van der Waals surface area (Å²) in [4.78, 5) is 16.4. The Morgan fingerprint density at radius 3 is 2.43 bits per heavy atom. The molecule has 30 heavy (non-hydrogen) atoms. The number of carbonyl (C=O) groups is 1. The molecule has 9 heteroatoms. The maximum atomic E-state index is 11.8. The van der Waals surface area contributed by atoms with Crippen molar-refractivity contribution >= 4 is 52.6 Å². The van der Waals surface area contributed by atoms with Gasteiger partial charge in [0.15, 0.2) is 9.67 Å². The Hall–Kier alpha value is -3.43. The molecule has 4 rings (SSSR count). The normalized spacial score (nSPS) is 13.8. The summed E-state index contributed by atoms with van der Waals surface area (Å²) in [7, 11) is 3.10. The topological polar surface area (TPSA) is 93.3 Å². The summed E-state index contributed by atoms with van der Waals surface area (Å²) in [6.45, 7) is 0. The number of benzene rings is 2. The second-order valence-electron chi connectivity index (χ2n) is 6.30. The van der Waals surface area contributed by atoms with E-state index >= 15 is 0 Å². The number of aliphatic carboxylic acids is 1. The zero-order valence-electron chi connectivity index (χ0n) is 15.9. The number of carboxylic acid groups (broad SMARTS) is 1. The summed E-state index contributed by atoms with van der Waals surface area (Å²) >= 11 is 6.61. The number of carboxylic acids is 1. The van der Waals surface area contributed by atoms with E-state index in [1.165, 1.54) is 23.0 Å². The highest BCUT2D eigenvalue weighted by molar-refractivity contribution is 7.73. The van der Waals surface area contributed by atoms with Gasteiger partial charge >= 0.3 is 5.97 Å². The van der Waals surface area contributed by atoms with Crippen LogP contribution < -0.4 is 9.47 Å². The smallest absolute Gasteiger partial charge is 0.355 e. The van der Waals surface area contributed by atoms with Crippen molar-refractivity contribution in [2.45, 2.75) is 0 Å². The Balaban J connectivity index is 1.83. The standard InChI is InChI=1S/C21H16N2O5S2/c1-27-12-5-3-11(4-6-12)23-19(24)17(30-21(23)29)10-15-14-8-7-13(28-2)9-16(14)22-18(15)20(25)26/h3-10,24H,1-2H3,(H,25,26). The summed E-state index contributed by atoms with van der Waals surface area (Å²) < 4.78 is 12.3. The molecule has 1 aromatic heterocycles. The van der Waals surface area contributed by atoms with Crippen LogP contribution in [0.15, 0.2) is 47.5 Å². The van der Waals surface area contributed by atoms with Gasteiger partial charge in [0, 0.05) is 17.2 Å². The van der Waals surface area contributed by atoms with E-state index < -0.39 is 5.97 Å². The number of thiazole rings is 1. The first-order valence-electron chi connectivity index (χ1n) is 8.74. The molecule has 0 unspecified atom stereocenters. The number of aliphatic imine (C=N–C) groups is 1. The first-order chi connectivity index (χ1) is 14.4. The highest BCUT2D eigenvalue weighted by Crippen LogP contribution is 2.41. The Morgan fingerprint density at radius 2 is 1.80 bits per heavy atom. The summed E-state index contributed by atoms with van der Waals surface area (Å²) in [6.07, 6.45) is 1.60. The van der Waals surface area contributed by atoms with E-state index in [0.717, 1.165) is 0 Å². The van der Waals surface area contributed by atoms with Crippen LogP contribution in [-0.2, 0) is 4.79 Å². The van der Waals surface area contributed by atoms with E-state index in [4.69, 9.17) is 21.7 Å². The maximum absolute atomic E-state index is 11.8.